The number of hydrogen-bond donors (Lipinski definition) is 1. The van der Waals surface area contributed by atoms with Crippen molar-refractivity contribution in [2.24, 2.45) is 0 Å². The molecule has 0 aliphatic carbocycles. The molecule has 11 nitrogen and oxygen atoms in total. The van der Waals surface area contributed by atoms with Gasteiger partial charge in [-0.3, -0.25) is 4.79 Å². The van der Waals surface area contributed by atoms with Crippen LogP contribution < -0.4 is 18.9 Å². The molecule has 1 unspecified atom stereocenters. The minimum atomic E-state index is -4.25. The van der Waals surface area contributed by atoms with Gasteiger partial charge in [0.2, 0.25) is 0 Å². The lowest BCUT2D eigenvalue weighted by atomic mass is 9.86. The number of benzene rings is 3. The summed E-state index contributed by atoms with van der Waals surface area (Å²) in [5, 5.41) is 8.91. The number of carbonyl (C=O) groups is 1. The molecule has 0 amide bonds. The van der Waals surface area contributed by atoms with E-state index in [0.29, 0.717) is 41.3 Å². The third-order valence-corrected chi connectivity index (χ3v) is 9.30. The molecule has 0 bridgehead atoms. The van der Waals surface area contributed by atoms with Crippen molar-refractivity contribution in [3.05, 3.63) is 77.4 Å². The number of likely N-dealkylation sites (N-methyl/N-ethyl adjacent to an activating group) is 1. The fourth-order valence-corrected chi connectivity index (χ4v) is 6.23. The first-order valence-electron chi connectivity index (χ1n) is 15.6. The topological polar surface area (TPSA) is 141 Å². The minimum absolute atomic E-state index is 0.0963. The molecule has 47 heavy (non-hydrogen) atoms. The third kappa shape index (κ3) is 10.6. The van der Waals surface area contributed by atoms with Crippen molar-refractivity contribution in [1.29, 1.82) is 0 Å². The number of fused-ring (bicyclic) bond motifs is 1. The van der Waals surface area contributed by atoms with Crippen LogP contribution in [-0.2, 0) is 32.5 Å². The van der Waals surface area contributed by atoms with Gasteiger partial charge in [0, 0.05) is 25.0 Å². The van der Waals surface area contributed by atoms with Gasteiger partial charge in [0.1, 0.15) is 16.2 Å². The van der Waals surface area contributed by atoms with E-state index in [1.54, 1.807) is 34.5 Å². The van der Waals surface area contributed by atoms with Crippen LogP contribution in [0.3, 0.4) is 0 Å². The Morgan fingerprint density at radius 1 is 0.872 bits per heavy atom. The van der Waals surface area contributed by atoms with Crippen LogP contribution in [0.25, 0.3) is 0 Å². The highest BCUT2D eigenvalue weighted by Crippen LogP contribution is 2.43. The second kappa shape index (κ2) is 17.9. The van der Waals surface area contributed by atoms with Crippen LogP contribution in [-0.4, -0.2) is 90.3 Å². The van der Waals surface area contributed by atoms with Crippen molar-refractivity contribution in [3.8, 4) is 23.0 Å². The van der Waals surface area contributed by atoms with E-state index in [4.69, 9.17) is 28.8 Å². The normalized spacial score (nSPS) is 17.0. The molecule has 1 aliphatic rings. The summed E-state index contributed by atoms with van der Waals surface area (Å²) in [5.74, 6) is 2.65. The van der Waals surface area contributed by atoms with Crippen molar-refractivity contribution in [2.75, 3.05) is 61.8 Å². The van der Waals surface area contributed by atoms with Crippen molar-refractivity contribution < 1.29 is 51.0 Å². The first kappa shape index (κ1) is 37.6. The van der Waals surface area contributed by atoms with E-state index in [9.17, 15) is 17.8 Å². The van der Waals surface area contributed by atoms with E-state index >= 15 is 0 Å². The summed E-state index contributed by atoms with van der Waals surface area (Å²) >= 11 is 0. The number of aliphatic hydroxyl groups is 1. The van der Waals surface area contributed by atoms with Gasteiger partial charge in [-0.05, 0) is 66.8 Å². The summed E-state index contributed by atoms with van der Waals surface area (Å²) in [7, 11) is 4.56. The zero-order chi connectivity index (χ0) is 34.5. The quantitative estimate of drug-likeness (QED) is 0.105. The van der Waals surface area contributed by atoms with Gasteiger partial charge in [-0.2, -0.15) is 0 Å². The Balaban J connectivity index is 0.000000511. The number of quaternary nitrogens is 1. The maximum absolute atomic E-state index is 12.6. The summed E-state index contributed by atoms with van der Waals surface area (Å²) in [6, 6.07) is 17.5. The average molecular weight is 674 g/mol. The number of nitrogens with zero attached hydrogens (tertiary/aromatic N) is 1. The summed E-state index contributed by atoms with van der Waals surface area (Å²) in [4.78, 5) is 12.4. The van der Waals surface area contributed by atoms with Gasteiger partial charge in [0.05, 0.1) is 66.5 Å². The first-order chi connectivity index (χ1) is 22.5. The molecular formula is C35H47NO10S. The molecule has 3 aromatic rings. The molecule has 1 N–H and O–H groups in total. The zero-order valence-corrected chi connectivity index (χ0v) is 28.7. The van der Waals surface area contributed by atoms with Crippen LogP contribution in [0.4, 0.5) is 0 Å². The highest BCUT2D eigenvalue weighted by atomic mass is 32.2. The molecule has 0 fully saturated rings. The minimum Gasteiger partial charge on any atom is -0.744 e. The van der Waals surface area contributed by atoms with Gasteiger partial charge in [0.15, 0.2) is 23.0 Å². The van der Waals surface area contributed by atoms with Crippen molar-refractivity contribution in [2.45, 2.75) is 49.5 Å². The Hall–Kier alpha value is -3.84. The number of rotatable bonds is 15. The molecule has 1 heterocycles. The predicted octanol–water partition coefficient (Wildman–Crippen LogP) is 4.69. The highest BCUT2D eigenvalue weighted by molar-refractivity contribution is 7.85. The standard InChI is InChI=1S/C29H42NO7.C6H6O3S/c1-30(14-12-29(32)37-16-8-6-7-15-31)13-11-22-19-27(35-4)28(36-5)20-23(22)24(30)17-21-9-10-25(33-2)26(18-21)34-3;7-10(8,9)6-4-2-1-3-5-6/h9-10,18-20,24,31H,6-8,11-17H2,1-5H3;1-5H,(H,7,8,9)/q+1;/p-1/t24-,30?;/m1./s1. The maximum Gasteiger partial charge on any atom is 0.311 e. The summed E-state index contributed by atoms with van der Waals surface area (Å²) in [6.45, 7) is 2.13. The zero-order valence-electron chi connectivity index (χ0n) is 27.9. The number of esters is 1. The molecule has 3 aromatic carbocycles. The lowest BCUT2D eigenvalue weighted by molar-refractivity contribution is -0.940. The second-order valence-electron chi connectivity index (χ2n) is 11.5. The van der Waals surface area contributed by atoms with E-state index in [0.717, 1.165) is 50.0 Å². The average Bonchev–Trinajstić information content (AvgIpc) is 3.08. The summed E-state index contributed by atoms with van der Waals surface area (Å²) in [6.07, 6.45) is 4.35. The van der Waals surface area contributed by atoms with Crippen LogP contribution in [0.2, 0.25) is 0 Å². The van der Waals surface area contributed by atoms with E-state index < -0.39 is 10.1 Å². The number of ether oxygens (including phenoxy) is 5. The molecule has 0 aromatic heterocycles. The Morgan fingerprint density at radius 2 is 1.51 bits per heavy atom. The van der Waals surface area contributed by atoms with Crippen LogP contribution in [0, 0.1) is 0 Å². The molecule has 258 valence electrons. The van der Waals surface area contributed by atoms with Gasteiger partial charge in [-0.1, -0.05) is 24.3 Å². The molecule has 0 saturated heterocycles. The SMILES string of the molecule is COc1ccc(C[C@@H]2c3cc(OC)c(OC)cc3CC[N+]2(C)CCC(=O)OCCCCCO)cc1OC.O=S(=O)([O-])c1ccccc1. The van der Waals surface area contributed by atoms with Gasteiger partial charge in [-0.25, -0.2) is 8.42 Å². The molecule has 0 radical (unpaired) electrons. The monoisotopic (exact) mass is 673 g/mol. The van der Waals surface area contributed by atoms with Gasteiger partial charge in [-0.15, -0.1) is 0 Å². The lowest BCUT2D eigenvalue weighted by Gasteiger charge is -2.46. The van der Waals surface area contributed by atoms with E-state index in [-0.39, 0.29) is 23.5 Å². The smallest absolute Gasteiger partial charge is 0.311 e. The van der Waals surface area contributed by atoms with Crippen LogP contribution >= 0.6 is 0 Å². The Labute approximate surface area is 278 Å². The molecule has 12 heteroatoms. The molecule has 4 rings (SSSR count). The first-order valence-corrected chi connectivity index (χ1v) is 17.0. The Kier molecular flexibility index (Phi) is 14.3. The molecule has 2 atom stereocenters. The summed E-state index contributed by atoms with van der Waals surface area (Å²) < 4.78 is 59.2. The fourth-order valence-electron chi connectivity index (χ4n) is 5.74. The molecule has 1 aliphatic heterocycles. The number of methoxy groups -OCH3 is 4. The molecule has 0 spiro atoms. The highest BCUT2D eigenvalue weighted by Gasteiger charge is 2.40. The Bertz CT molecular complexity index is 1550. The van der Waals surface area contributed by atoms with Gasteiger partial charge >= 0.3 is 5.97 Å². The summed E-state index contributed by atoms with van der Waals surface area (Å²) in [5.41, 5.74) is 3.57. The number of hydrogen-bond acceptors (Lipinski definition) is 10. The number of aliphatic hydroxyl groups excluding tert-OH is 1. The van der Waals surface area contributed by atoms with Crippen LogP contribution in [0.5, 0.6) is 23.0 Å². The van der Waals surface area contributed by atoms with Crippen molar-refractivity contribution in [1.82, 2.24) is 0 Å². The number of carbonyl (C=O) groups excluding carboxylic acids is 1. The van der Waals surface area contributed by atoms with Crippen molar-refractivity contribution in [3.63, 3.8) is 0 Å². The maximum atomic E-state index is 12.6. The molecular weight excluding hydrogens is 626 g/mol. The van der Waals surface area contributed by atoms with Crippen LogP contribution in [0.1, 0.15) is 48.4 Å². The number of unbranched alkanes of at least 4 members (excludes halogenated alkanes) is 2. The fraction of sp³-hybridized carbons (Fsp3) is 0.457. The van der Waals surface area contributed by atoms with E-state index in [1.807, 2.05) is 12.1 Å². The van der Waals surface area contributed by atoms with E-state index in [2.05, 4.69) is 25.2 Å². The molecule has 0 saturated carbocycles. The second-order valence-corrected chi connectivity index (χ2v) is 12.9. The van der Waals surface area contributed by atoms with Gasteiger partial charge < -0.3 is 37.8 Å². The largest absolute Gasteiger partial charge is 0.744 e. The lowest BCUT2D eigenvalue weighted by Crippen LogP contribution is -2.53. The van der Waals surface area contributed by atoms with Crippen LogP contribution in [0.15, 0.2) is 65.6 Å². The van der Waals surface area contributed by atoms with Crippen molar-refractivity contribution >= 4 is 16.1 Å². The predicted molar refractivity (Wildman–Crippen MR) is 176 cm³/mol. The third-order valence-electron chi connectivity index (χ3n) is 8.45. The van der Waals surface area contributed by atoms with E-state index in [1.165, 1.54) is 35.4 Å². The van der Waals surface area contributed by atoms with Gasteiger partial charge in [0.25, 0.3) is 0 Å². The Morgan fingerprint density at radius 3 is 2.11 bits per heavy atom.